The van der Waals surface area contributed by atoms with Crippen LogP contribution in [-0.2, 0) is 0 Å². The third-order valence-electron chi connectivity index (χ3n) is 1.58. The average Bonchev–Trinajstić information content (AvgIpc) is 2.46. The maximum Gasteiger partial charge on any atom is 0.173 e. The number of hydrogen-bond donors (Lipinski definition) is 0. The predicted molar refractivity (Wildman–Crippen MR) is 67.5 cm³/mol. The van der Waals surface area contributed by atoms with Crippen molar-refractivity contribution in [3.8, 4) is 5.82 Å². The zero-order valence-electron chi connectivity index (χ0n) is 7.49. The number of hydrogen-bond acceptors (Lipinski definition) is 2. The quantitative estimate of drug-likeness (QED) is 0.731. The Morgan fingerprint density at radius 2 is 2.07 bits per heavy atom. The summed E-state index contributed by atoms with van der Waals surface area (Å²) < 4.78 is 3.14. The lowest BCUT2D eigenvalue weighted by atomic mass is 10.4. The number of aromatic nitrogens is 3. The van der Waals surface area contributed by atoms with Crippen LogP contribution in [0.1, 0.15) is 0 Å². The monoisotopic (exact) mass is 359 g/mol. The molecule has 2 aromatic rings. The fourth-order valence-electron chi connectivity index (χ4n) is 1.01. The third-order valence-corrected chi connectivity index (χ3v) is 2.82. The molecule has 0 N–H and O–H groups in total. The molecule has 74 valence electrons. The highest BCUT2D eigenvalue weighted by Gasteiger charge is 2.09. The van der Waals surface area contributed by atoms with E-state index in [2.05, 4.69) is 41.9 Å². The Balaban J connectivity index is 0.00000112. The van der Waals surface area contributed by atoms with Crippen molar-refractivity contribution >= 4 is 66.5 Å². The lowest BCUT2D eigenvalue weighted by Crippen LogP contribution is -2.00. The highest BCUT2D eigenvalue weighted by molar-refractivity contribution is 9.11. The summed E-state index contributed by atoms with van der Waals surface area (Å²) in [5, 5.41) is 4.74. The van der Waals surface area contributed by atoms with Crippen molar-refractivity contribution in [3.63, 3.8) is 0 Å². The van der Waals surface area contributed by atoms with Crippen LogP contribution in [0, 0.1) is 0 Å². The van der Waals surface area contributed by atoms with E-state index < -0.39 is 0 Å². The van der Waals surface area contributed by atoms with E-state index in [0.29, 0.717) is 10.8 Å². The maximum atomic E-state index is 5.98. The second-order valence-corrected chi connectivity index (χ2v) is 4.54. The molecule has 0 spiro atoms. The van der Waals surface area contributed by atoms with E-state index in [1.807, 2.05) is 6.07 Å². The van der Waals surface area contributed by atoms with E-state index in [1.54, 1.807) is 23.0 Å². The molecule has 7 heteroatoms. The normalized spacial score (nSPS) is 9.80. The molecular weight excluding hydrogens is 358 g/mol. The molecule has 0 aliphatic rings. The summed E-state index contributed by atoms with van der Waals surface area (Å²) in [5.41, 5.74) is 0. The van der Waals surface area contributed by atoms with Gasteiger partial charge in [-0.3, -0.25) is 0 Å². The molecule has 2 aromatic heterocycles. The highest BCUT2D eigenvalue weighted by atomic mass is 79.9. The van der Waals surface area contributed by atoms with Gasteiger partial charge < -0.3 is 0 Å². The van der Waals surface area contributed by atoms with Gasteiger partial charge in [-0.1, -0.05) is 11.6 Å². The summed E-state index contributed by atoms with van der Waals surface area (Å²) in [6.45, 7) is 0. The Labute approximate surface area is 125 Å². The van der Waals surface area contributed by atoms with Crippen molar-refractivity contribution < 1.29 is 0 Å². The van der Waals surface area contributed by atoms with E-state index >= 15 is 0 Å². The van der Waals surface area contributed by atoms with Gasteiger partial charge in [-0.2, -0.15) is 5.10 Å². The largest absolute Gasteiger partial charge is 0.236 e. The highest BCUT2D eigenvalue weighted by Crippen LogP contribution is 2.23. The van der Waals surface area contributed by atoms with Crippen molar-refractivity contribution in [3.05, 3.63) is 38.6 Å². The number of halogens is 3. The van der Waals surface area contributed by atoms with Crippen LogP contribution in [0.15, 0.2) is 33.6 Å². The van der Waals surface area contributed by atoms with Crippen LogP contribution in [-0.4, -0.2) is 37.8 Å². The summed E-state index contributed by atoms with van der Waals surface area (Å²) in [6.07, 6.45) is 1.67. The van der Waals surface area contributed by atoms with Gasteiger partial charge in [0.25, 0.3) is 0 Å². The summed E-state index contributed by atoms with van der Waals surface area (Å²) in [5.74, 6) is 0.603. The van der Waals surface area contributed by atoms with E-state index in [0.717, 1.165) is 9.21 Å². The fourth-order valence-corrected chi connectivity index (χ4v) is 2.36. The van der Waals surface area contributed by atoms with Crippen LogP contribution in [0.4, 0.5) is 0 Å². The van der Waals surface area contributed by atoms with Gasteiger partial charge in [0.2, 0.25) is 0 Å². The summed E-state index contributed by atoms with van der Waals surface area (Å²) in [6, 6.07) is 5.37. The van der Waals surface area contributed by atoms with Crippen molar-refractivity contribution in [2.24, 2.45) is 0 Å². The van der Waals surface area contributed by atoms with Gasteiger partial charge in [-0.15, -0.1) is 0 Å². The lowest BCUT2D eigenvalue weighted by Gasteiger charge is -2.02. The molecule has 0 aromatic carbocycles. The molecule has 2 rings (SSSR count). The van der Waals surface area contributed by atoms with Crippen LogP contribution in [0.2, 0.25) is 5.02 Å². The Bertz CT molecular complexity index is 475. The first kappa shape index (κ1) is 13.4. The lowest BCUT2D eigenvalue weighted by molar-refractivity contribution is 0.822. The smallest absolute Gasteiger partial charge is 0.173 e. The first-order valence-corrected chi connectivity index (χ1v) is 5.67. The number of rotatable bonds is 1. The fraction of sp³-hybridized carbons (Fsp3) is 0. The van der Waals surface area contributed by atoms with Gasteiger partial charge in [0.1, 0.15) is 9.21 Å². The van der Waals surface area contributed by atoms with E-state index in [-0.39, 0.29) is 23.1 Å². The molecule has 0 saturated heterocycles. The summed E-state index contributed by atoms with van der Waals surface area (Å²) in [4.78, 5) is 4.14. The zero-order chi connectivity index (χ0) is 10.1. The molecule has 0 saturated carbocycles. The molecule has 0 atom stereocenters. The molecule has 0 aliphatic carbocycles. The minimum absolute atomic E-state index is 0. The molecule has 0 fully saturated rings. The van der Waals surface area contributed by atoms with Gasteiger partial charge in [-0.25, -0.2) is 9.67 Å². The van der Waals surface area contributed by atoms with E-state index in [4.69, 9.17) is 11.6 Å². The number of pyridine rings is 1. The SMILES string of the molecule is Clc1cccnc1-n1nc(Br)cc1Br.[Mg]. The van der Waals surface area contributed by atoms with Gasteiger partial charge in [0, 0.05) is 35.3 Å². The molecule has 15 heavy (non-hydrogen) atoms. The second kappa shape index (κ2) is 5.63. The van der Waals surface area contributed by atoms with Gasteiger partial charge in [-0.05, 0) is 44.0 Å². The molecule has 0 bridgehead atoms. The zero-order valence-corrected chi connectivity index (χ0v) is 12.8. The van der Waals surface area contributed by atoms with E-state index in [1.165, 1.54) is 0 Å². The molecule has 2 radical (unpaired) electrons. The first-order chi connectivity index (χ1) is 6.68. The maximum absolute atomic E-state index is 5.98. The topological polar surface area (TPSA) is 30.7 Å². The van der Waals surface area contributed by atoms with E-state index in [9.17, 15) is 0 Å². The van der Waals surface area contributed by atoms with Crippen molar-refractivity contribution in [1.29, 1.82) is 0 Å². The van der Waals surface area contributed by atoms with Gasteiger partial charge in [0.05, 0.1) is 5.02 Å². The minimum Gasteiger partial charge on any atom is -0.236 e. The third kappa shape index (κ3) is 2.94. The summed E-state index contributed by atoms with van der Waals surface area (Å²) >= 11 is 12.6. The Hall–Kier alpha value is 0.376. The summed E-state index contributed by atoms with van der Waals surface area (Å²) in [7, 11) is 0. The molecule has 0 aliphatic heterocycles. The van der Waals surface area contributed by atoms with Crippen molar-refractivity contribution in [1.82, 2.24) is 14.8 Å². The van der Waals surface area contributed by atoms with Crippen molar-refractivity contribution in [2.75, 3.05) is 0 Å². The Kier molecular flexibility index (Phi) is 5.04. The molecule has 2 heterocycles. The second-order valence-electron chi connectivity index (χ2n) is 2.51. The molecule has 0 amide bonds. The average molecular weight is 362 g/mol. The number of nitrogens with zero attached hydrogens (tertiary/aromatic N) is 3. The van der Waals surface area contributed by atoms with Gasteiger partial charge in [0.15, 0.2) is 5.82 Å². The Morgan fingerprint density at radius 1 is 1.33 bits per heavy atom. The first-order valence-electron chi connectivity index (χ1n) is 3.70. The molecular formula is C8H4Br2ClMgN3. The van der Waals surface area contributed by atoms with Crippen LogP contribution in [0.5, 0.6) is 0 Å². The van der Waals surface area contributed by atoms with Crippen molar-refractivity contribution in [2.45, 2.75) is 0 Å². The van der Waals surface area contributed by atoms with Gasteiger partial charge >= 0.3 is 0 Å². The minimum atomic E-state index is 0. The van der Waals surface area contributed by atoms with Crippen LogP contribution in [0.25, 0.3) is 5.82 Å². The van der Waals surface area contributed by atoms with Crippen LogP contribution < -0.4 is 0 Å². The van der Waals surface area contributed by atoms with Crippen LogP contribution in [0.3, 0.4) is 0 Å². The van der Waals surface area contributed by atoms with Crippen LogP contribution >= 0.6 is 43.5 Å². The Morgan fingerprint density at radius 3 is 2.60 bits per heavy atom. The molecule has 3 nitrogen and oxygen atoms in total. The molecule has 0 unspecified atom stereocenters. The standard InChI is InChI=1S/C8H4Br2ClN3.Mg/c9-6-4-7(10)14(13-6)8-5(11)2-1-3-12-8;/h1-4H;. The predicted octanol–water partition coefficient (Wildman–Crippen LogP) is 3.06.